The van der Waals surface area contributed by atoms with E-state index in [1.165, 1.54) is 45.3 Å². The number of hydrogen-bond donors (Lipinski definition) is 2. The molecule has 0 bridgehead atoms. The van der Waals surface area contributed by atoms with Gasteiger partial charge >= 0.3 is 0 Å². The van der Waals surface area contributed by atoms with Crippen LogP contribution in [0.3, 0.4) is 0 Å². The predicted octanol–water partition coefficient (Wildman–Crippen LogP) is 2.71. The minimum absolute atomic E-state index is 0. The lowest BCUT2D eigenvalue weighted by Gasteiger charge is -2.31. The maximum atomic E-state index is 5.67. The van der Waals surface area contributed by atoms with Crippen molar-refractivity contribution in [3.8, 4) is 0 Å². The van der Waals surface area contributed by atoms with Gasteiger partial charge in [-0.15, -0.1) is 24.0 Å². The van der Waals surface area contributed by atoms with E-state index in [-0.39, 0.29) is 24.0 Å². The summed E-state index contributed by atoms with van der Waals surface area (Å²) in [5, 5.41) is 6.79. The van der Waals surface area contributed by atoms with Gasteiger partial charge < -0.3 is 20.3 Å². The van der Waals surface area contributed by atoms with Crippen molar-refractivity contribution in [3.05, 3.63) is 0 Å². The molecule has 0 amide bonds. The van der Waals surface area contributed by atoms with Crippen molar-refractivity contribution in [1.82, 2.24) is 15.5 Å². The van der Waals surface area contributed by atoms with Crippen LogP contribution in [0.1, 0.15) is 46.0 Å². The van der Waals surface area contributed by atoms with E-state index in [2.05, 4.69) is 29.4 Å². The first kappa shape index (κ1) is 22.0. The molecule has 0 aromatic carbocycles. The molecule has 24 heavy (non-hydrogen) atoms. The first-order valence-electron chi connectivity index (χ1n) is 9.64. The molecule has 6 heteroatoms. The summed E-state index contributed by atoms with van der Waals surface area (Å²) in [5.74, 6) is 2.53. The molecule has 5 nitrogen and oxygen atoms in total. The number of ether oxygens (including phenoxy) is 1. The van der Waals surface area contributed by atoms with Crippen molar-refractivity contribution in [2.45, 2.75) is 46.0 Å². The highest BCUT2D eigenvalue weighted by molar-refractivity contribution is 14.0. The molecular formula is C18H37IN4O. The monoisotopic (exact) mass is 452 g/mol. The molecule has 1 saturated heterocycles. The van der Waals surface area contributed by atoms with Gasteiger partial charge in [-0.2, -0.15) is 0 Å². The summed E-state index contributed by atoms with van der Waals surface area (Å²) in [6.45, 7) is 12.6. The average Bonchev–Trinajstić information content (AvgIpc) is 3.40. The third kappa shape index (κ3) is 9.42. The quantitative estimate of drug-likeness (QED) is 0.232. The maximum Gasteiger partial charge on any atom is 0.191 e. The summed E-state index contributed by atoms with van der Waals surface area (Å²) in [5.41, 5.74) is 0. The van der Waals surface area contributed by atoms with E-state index in [0.29, 0.717) is 5.92 Å². The number of aliphatic imine (C=N–C) groups is 1. The van der Waals surface area contributed by atoms with Crippen molar-refractivity contribution in [2.75, 3.05) is 52.5 Å². The van der Waals surface area contributed by atoms with E-state index in [1.807, 2.05) is 0 Å². The van der Waals surface area contributed by atoms with Crippen LogP contribution in [0.5, 0.6) is 0 Å². The first-order chi connectivity index (χ1) is 11.3. The van der Waals surface area contributed by atoms with Gasteiger partial charge in [-0.1, -0.05) is 6.92 Å². The molecule has 1 aliphatic carbocycles. The molecule has 2 rings (SSSR count). The van der Waals surface area contributed by atoms with Gasteiger partial charge in [-0.3, -0.25) is 4.99 Å². The average molecular weight is 452 g/mol. The first-order valence-corrected chi connectivity index (χ1v) is 9.64. The number of guanidine groups is 1. The summed E-state index contributed by atoms with van der Waals surface area (Å²) < 4.78 is 5.67. The minimum atomic E-state index is 0. The van der Waals surface area contributed by atoms with Gasteiger partial charge in [0.05, 0.1) is 0 Å². The summed E-state index contributed by atoms with van der Waals surface area (Å²) >= 11 is 0. The lowest BCUT2D eigenvalue weighted by atomic mass is 9.98. The Kier molecular flexibility index (Phi) is 12.0. The normalized spacial score (nSPS) is 22.1. The number of rotatable bonds is 10. The zero-order valence-electron chi connectivity index (χ0n) is 15.6. The standard InChI is InChI=1S/C18H36N4O.HI/c1-3-19-18(20-10-6-12-23-15-16-8-9-16)21-13-17-7-5-11-22(4-2)14-17;/h16-17H,3-15H2,1-2H3,(H2,19,20,21);1H. The Morgan fingerprint density at radius 2 is 2.00 bits per heavy atom. The Balaban J connectivity index is 0.00000288. The second-order valence-corrected chi connectivity index (χ2v) is 6.92. The third-order valence-corrected chi connectivity index (χ3v) is 4.71. The highest BCUT2D eigenvalue weighted by atomic mass is 127. The van der Waals surface area contributed by atoms with Crippen molar-refractivity contribution in [3.63, 3.8) is 0 Å². The maximum absolute atomic E-state index is 5.67. The van der Waals surface area contributed by atoms with Crippen LogP contribution in [0.15, 0.2) is 4.99 Å². The lowest BCUT2D eigenvalue weighted by molar-refractivity contribution is 0.123. The molecule has 0 aromatic rings. The van der Waals surface area contributed by atoms with Crippen molar-refractivity contribution in [1.29, 1.82) is 0 Å². The second-order valence-electron chi connectivity index (χ2n) is 6.92. The fraction of sp³-hybridized carbons (Fsp3) is 0.944. The fourth-order valence-corrected chi connectivity index (χ4v) is 3.07. The minimum Gasteiger partial charge on any atom is -0.381 e. The Hall–Kier alpha value is -0.0800. The van der Waals surface area contributed by atoms with Gasteiger partial charge in [0.25, 0.3) is 0 Å². The van der Waals surface area contributed by atoms with Crippen LogP contribution in [0.2, 0.25) is 0 Å². The second kappa shape index (κ2) is 13.2. The van der Waals surface area contributed by atoms with Crippen LogP contribution < -0.4 is 10.6 Å². The van der Waals surface area contributed by atoms with Gasteiger partial charge in [0, 0.05) is 39.4 Å². The molecule has 1 atom stereocenters. The van der Waals surface area contributed by atoms with E-state index in [1.54, 1.807) is 0 Å². The van der Waals surface area contributed by atoms with Crippen LogP contribution in [0.4, 0.5) is 0 Å². The smallest absolute Gasteiger partial charge is 0.191 e. The summed E-state index contributed by atoms with van der Waals surface area (Å²) in [7, 11) is 0. The SMILES string of the molecule is CCNC(=NCC1CCCN(CC)C1)NCCCOCC1CC1.I. The number of nitrogens with zero attached hydrogens (tertiary/aromatic N) is 2. The molecule has 142 valence electrons. The van der Waals surface area contributed by atoms with Gasteiger partial charge in [0.1, 0.15) is 0 Å². The van der Waals surface area contributed by atoms with Crippen LogP contribution in [0, 0.1) is 11.8 Å². The molecule has 0 aromatic heterocycles. The number of nitrogens with one attached hydrogen (secondary N) is 2. The molecule has 1 aliphatic heterocycles. The molecule has 0 spiro atoms. The zero-order valence-corrected chi connectivity index (χ0v) is 17.9. The van der Waals surface area contributed by atoms with E-state index in [9.17, 15) is 0 Å². The predicted molar refractivity (Wildman–Crippen MR) is 112 cm³/mol. The largest absolute Gasteiger partial charge is 0.381 e. The highest BCUT2D eigenvalue weighted by Crippen LogP contribution is 2.28. The molecule has 1 saturated carbocycles. The van der Waals surface area contributed by atoms with Gasteiger partial charge in [0.2, 0.25) is 0 Å². The molecule has 2 aliphatic rings. The molecule has 1 unspecified atom stereocenters. The van der Waals surface area contributed by atoms with Crippen molar-refractivity contribution < 1.29 is 4.74 Å². The Labute approximate surface area is 165 Å². The molecular weight excluding hydrogens is 415 g/mol. The lowest BCUT2D eigenvalue weighted by Crippen LogP contribution is -2.40. The van der Waals surface area contributed by atoms with Crippen LogP contribution >= 0.6 is 24.0 Å². The Morgan fingerprint density at radius 1 is 1.17 bits per heavy atom. The van der Waals surface area contributed by atoms with Gasteiger partial charge in [-0.25, -0.2) is 0 Å². The molecule has 0 radical (unpaired) electrons. The van der Waals surface area contributed by atoms with Crippen molar-refractivity contribution >= 4 is 29.9 Å². The van der Waals surface area contributed by atoms with E-state index in [4.69, 9.17) is 9.73 Å². The molecule has 2 fully saturated rings. The van der Waals surface area contributed by atoms with Gasteiger partial charge in [0.15, 0.2) is 5.96 Å². The summed E-state index contributed by atoms with van der Waals surface area (Å²) in [4.78, 5) is 7.33. The van der Waals surface area contributed by atoms with Crippen LogP contribution in [-0.2, 0) is 4.74 Å². The number of likely N-dealkylation sites (tertiary alicyclic amines) is 1. The number of piperidine rings is 1. The number of halogens is 1. The highest BCUT2D eigenvalue weighted by Gasteiger charge is 2.21. The number of hydrogen-bond acceptors (Lipinski definition) is 3. The van der Waals surface area contributed by atoms with E-state index < -0.39 is 0 Å². The van der Waals surface area contributed by atoms with E-state index in [0.717, 1.165) is 51.1 Å². The molecule has 1 heterocycles. The Bertz CT molecular complexity index is 350. The Morgan fingerprint density at radius 3 is 2.71 bits per heavy atom. The zero-order chi connectivity index (χ0) is 16.3. The van der Waals surface area contributed by atoms with Gasteiger partial charge in [-0.05, 0) is 64.0 Å². The van der Waals surface area contributed by atoms with Crippen molar-refractivity contribution in [2.24, 2.45) is 16.8 Å². The van der Waals surface area contributed by atoms with E-state index >= 15 is 0 Å². The van der Waals surface area contributed by atoms with Crippen LogP contribution in [-0.4, -0.2) is 63.3 Å². The molecule has 2 N–H and O–H groups in total. The summed E-state index contributed by atoms with van der Waals surface area (Å²) in [6.07, 6.45) is 6.41. The topological polar surface area (TPSA) is 48.9 Å². The fourth-order valence-electron chi connectivity index (χ4n) is 3.07. The summed E-state index contributed by atoms with van der Waals surface area (Å²) in [6, 6.07) is 0. The third-order valence-electron chi connectivity index (χ3n) is 4.71. The van der Waals surface area contributed by atoms with Crippen LogP contribution in [0.25, 0.3) is 0 Å².